The number of hydrogen-bond donors (Lipinski definition) is 0. The minimum Gasteiger partial charge on any atom is -0.454 e. The zero-order valence-electron chi connectivity index (χ0n) is 21.0. The summed E-state index contributed by atoms with van der Waals surface area (Å²) in [7, 11) is 0. The number of pyridine rings is 1. The lowest BCUT2D eigenvalue weighted by atomic mass is 10.1. The van der Waals surface area contributed by atoms with Crippen molar-refractivity contribution in [2.45, 2.75) is 0 Å². The highest BCUT2D eigenvalue weighted by molar-refractivity contribution is 6.09. The van der Waals surface area contributed by atoms with Crippen LogP contribution in [0.25, 0.3) is 49.6 Å². The first-order valence-electron chi connectivity index (χ1n) is 13.1. The Hall–Kier alpha value is -5.35. The number of aromatic nitrogens is 2. The van der Waals surface area contributed by atoms with Crippen LogP contribution in [-0.4, -0.2) is 9.55 Å². The van der Waals surface area contributed by atoms with Crippen LogP contribution in [0.15, 0.2) is 144 Å². The molecule has 0 aliphatic rings. The number of hydrogen-bond acceptors (Lipinski definition) is 3. The van der Waals surface area contributed by atoms with E-state index in [1.807, 2.05) is 30.5 Å². The molecule has 0 saturated heterocycles. The van der Waals surface area contributed by atoms with Gasteiger partial charge in [0.1, 0.15) is 11.1 Å². The minimum atomic E-state index is 0.798. The molecule has 0 aliphatic carbocycles. The molecule has 0 amide bonds. The first-order valence-corrected chi connectivity index (χ1v) is 13.1. The Kier molecular flexibility index (Phi) is 4.79. The van der Waals surface area contributed by atoms with Crippen molar-refractivity contribution in [3.8, 4) is 5.69 Å². The highest BCUT2D eigenvalue weighted by Gasteiger charge is 2.17. The number of rotatable bonds is 4. The van der Waals surface area contributed by atoms with Gasteiger partial charge in [0.25, 0.3) is 0 Å². The van der Waals surface area contributed by atoms with Crippen molar-refractivity contribution in [3.05, 3.63) is 140 Å². The second-order valence-corrected chi connectivity index (χ2v) is 9.69. The van der Waals surface area contributed by atoms with Gasteiger partial charge in [-0.15, -0.1) is 0 Å². The molecule has 5 aromatic carbocycles. The van der Waals surface area contributed by atoms with Crippen molar-refractivity contribution in [1.29, 1.82) is 0 Å². The molecule has 3 aromatic heterocycles. The predicted molar refractivity (Wildman–Crippen MR) is 161 cm³/mol. The zero-order chi connectivity index (χ0) is 25.8. The maximum atomic E-state index is 6.04. The number of nitrogens with zero attached hydrogens (tertiary/aromatic N) is 3. The van der Waals surface area contributed by atoms with E-state index in [9.17, 15) is 0 Å². The quantitative estimate of drug-likeness (QED) is 0.241. The smallest absolute Gasteiger partial charge is 0.153 e. The highest BCUT2D eigenvalue weighted by Crippen LogP contribution is 2.39. The van der Waals surface area contributed by atoms with Crippen molar-refractivity contribution < 1.29 is 4.42 Å². The molecule has 0 spiro atoms. The molecule has 39 heavy (non-hydrogen) atoms. The summed E-state index contributed by atoms with van der Waals surface area (Å²) in [5.74, 6) is 0. The summed E-state index contributed by atoms with van der Waals surface area (Å²) in [6, 6.07) is 46.7. The van der Waals surface area contributed by atoms with Gasteiger partial charge >= 0.3 is 0 Å². The lowest BCUT2D eigenvalue weighted by molar-refractivity contribution is 0.668. The first kappa shape index (κ1) is 21.7. The van der Waals surface area contributed by atoms with Crippen molar-refractivity contribution in [3.63, 3.8) is 0 Å². The second-order valence-electron chi connectivity index (χ2n) is 9.69. The lowest BCUT2D eigenvalue weighted by Crippen LogP contribution is -2.10. The van der Waals surface area contributed by atoms with Crippen molar-refractivity contribution in [1.82, 2.24) is 9.55 Å². The molecule has 0 fully saturated rings. The average molecular weight is 502 g/mol. The molecule has 8 aromatic rings. The van der Waals surface area contributed by atoms with Crippen molar-refractivity contribution >= 4 is 60.9 Å². The van der Waals surface area contributed by atoms with Gasteiger partial charge in [0.2, 0.25) is 0 Å². The summed E-state index contributed by atoms with van der Waals surface area (Å²) < 4.78 is 8.39. The molecular formula is C35H23N3O. The van der Waals surface area contributed by atoms with Crippen LogP contribution in [-0.2, 0) is 0 Å². The number of benzene rings is 5. The normalized spacial score (nSPS) is 11.6. The molecule has 4 nitrogen and oxygen atoms in total. The van der Waals surface area contributed by atoms with E-state index in [1.54, 1.807) is 0 Å². The molecular weight excluding hydrogens is 478 g/mol. The lowest BCUT2D eigenvalue weighted by Gasteiger charge is -2.25. The highest BCUT2D eigenvalue weighted by atomic mass is 16.3. The molecule has 0 N–H and O–H groups in total. The summed E-state index contributed by atoms with van der Waals surface area (Å²) in [5.41, 5.74) is 9.26. The van der Waals surface area contributed by atoms with E-state index in [-0.39, 0.29) is 0 Å². The average Bonchev–Trinajstić information content (AvgIpc) is 3.54. The maximum Gasteiger partial charge on any atom is 0.153 e. The van der Waals surface area contributed by atoms with E-state index in [4.69, 9.17) is 4.42 Å². The fourth-order valence-electron chi connectivity index (χ4n) is 5.70. The van der Waals surface area contributed by atoms with Gasteiger partial charge in [-0.1, -0.05) is 54.6 Å². The van der Waals surface area contributed by atoms with E-state index >= 15 is 0 Å². The van der Waals surface area contributed by atoms with Gasteiger partial charge in [-0.3, -0.25) is 4.98 Å². The van der Waals surface area contributed by atoms with Gasteiger partial charge in [-0.2, -0.15) is 0 Å². The molecule has 4 heteroatoms. The van der Waals surface area contributed by atoms with Gasteiger partial charge in [0.05, 0.1) is 11.0 Å². The molecule has 0 unspecified atom stereocenters. The second kappa shape index (κ2) is 8.61. The van der Waals surface area contributed by atoms with Gasteiger partial charge in [-0.25, -0.2) is 0 Å². The summed E-state index contributed by atoms with van der Waals surface area (Å²) in [4.78, 5) is 6.86. The third-order valence-corrected chi connectivity index (χ3v) is 7.43. The van der Waals surface area contributed by atoms with Gasteiger partial charge in [0.15, 0.2) is 5.58 Å². The molecule has 184 valence electrons. The van der Waals surface area contributed by atoms with Crippen LogP contribution in [0.5, 0.6) is 0 Å². The largest absolute Gasteiger partial charge is 0.454 e. The Bertz CT molecular complexity index is 2070. The molecule has 8 rings (SSSR count). The standard InChI is InChI=1S/C35H23N3O/c1-2-9-24(10-3-1)37(27-20-21-33-30(23-27)35-34(39-33)15-8-22-36-35)25-16-18-26(19-17-25)38-31-13-6-4-11-28(31)29-12-5-7-14-32(29)38/h1-23H. The number of fused-ring (bicyclic) bond motifs is 6. The van der Waals surface area contributed by atoms with E-state index in [0.29, 0.717) is 0 Å². The molecule has 0 aliphatic heterocycles. The predicted octanol–water partition coefficient (Wildman–Crippen LogP) is 9.55. The summed E-state index contributed by atoms with van der Waals surface area (Å²) in [5, 5.41) is 3.53. The van der Waals surface area contributed by atoms with Crippen LogP contribution in [0.2, 0.25) is 0 Å². The number of furan rings is 1. The minimum absolute atomic E-state index is 0.798. The maximum absolute atomic E-state index is 6.04. The van der Waals surface area contributed by atoms with E-state index in [0.717, 1.165) is 44.8 Å². The van der Waals surface area contributed by atoms with E-state index in [1.165, 1.54) is 21.8 Å². The van der Waals surface area contributed by atoms with Crippen LogP contribution in [0.1, 0.15) is 0 Å². The van der Waals surface area contributed by atoms with Gasteiger partial charge in [-0.05, 0) is 78.9 Å². The Morgan fingerprint density at radius 1 is 0.513 bits per heavy atom. The molecule has 3 heterocycles. The van der Waals surface area contributed by atoms with Crippen molar-refractivity contribution in [2.24, 2.45) is 0 Å². The third-order valence-electron chi connectivity index (χ3n) is 7.43. The van der Waals surface area contributed by atoms with Crippen LogP contribution in [0.3, 0.4) is 0 Å². The van der Waals surface area contributed by atoms with E-state index < -0.39 is 0 Å². The molecule has 0 atom stereocenters. The fraction of sp³-hybridized carbons (Fsp3) is 0. The van der Waals surface area contributed by atoms with Crippen LogP contribution < -0.4 is 4.90 Å². The Morgan fingerprint density at radius 2 is 1.15 bits per heavy atom. The Labute approximate surface area is 225 Å². The van der Waals surface area contributed by atoms with Gasteiger partial charge in [0, 0.05) is 45.1 Å². The monoisotopic (exact) mass is 501 g/mol. The van der Waals surface area contributed by atoms with E-state index in [2.05, 4.69) is 124 Å². The number of para-hydroxylation sites is 3. The first-order chi connectivity index (χ1) is 19.3. The van der Waals surface area contributed by atoms with Crippen LogP contribution >= 0.6 is 0 Å². The molecule has 0 bridgehead atoms. The Morgan fingerprint density at radius 3 is 1.90 bits per heavy atom. The van der Waals surface area contributed by atoms with Crippen molar-refractivity contribution in [2.75, 3.05) is 4.90 Å². The topological polar surface area (TPSA) is 34.2 Å². The fourth-order valence-corrected chi connectivity index (χ4v) is 5.70. The Balaban J connectivity index is 1.29. The SMILES string of the molecule is c1ccc(N(c2ccc(-n3c4ccccc4c4ccccc43)cc2)c2ccc3oc4cccnc4c3c2)cc1. The van der Waals surface area contributed by atoms with Crippen LogP contribution in [0, 0.1) is 0 Å². The summed E-state index contributed by atoms with van der Waals surface area (Å²) in [6.45, 7) is 0. The zero-order valence-corrected chi connectivity index (χ0v) is 21.0. The summed E-state index contributed by atoms with van der Waals surface area (Å²) in [6.07, 6.45) is 1.81. The number of anilines is 3. The van der Waals surface area contributed by atoms with Crippen LogP contribution in [0.4, 0.5) is 17.1 Å². The van der Waals surface area contributed by atoms with Gasteiger partial charge < -0.3 is 13.9 Å². The molecule has 0 radical (unpaired) electrons. The summed E-state index contributed by atoms with van der Waals surface area (Å²) >= 11 is 0. The molecule has 0 saturated carbocycles. The third kappa shape index (κ3) is 3.42.